The van der Waals surface area contributed by atoms with Gasteiger partial charge in [-0.05, 0) is 154 Å². The van der Waals surface area contributed by atoms with E-state index in [1.807, 2.05) is 18.2 Å². The fraction of sp³-hybridized carbons (Fsp3) is 0.775. The van der Waals surface area contributed by atoms with Gasteiger partial charge in [0.2, 0.25) is 6.79 Å². The lowest BCUT2D eigenvalue weighted by Crippen LogP contribution is -2.58. The number of hydrogen-bond acceptors (Lipinski definition) is 8. The van der Waals surface area contributed by atoms with Crippen LogP contribution in [0.25, 0.3) is 0 Å². The summed E-state index contributed by atoms with van der Waals surface area (Å²) in [5.74, 6) is 3.09. The monoisotopic (exact) mass is 682 g/mol. The van der Waals surface area contributed by atoms with E-state index >= 15 is 0 Å². The minimum Gasteiger partial charge on any atom is -0.428 e. The van der Waals surface area contributed by atoms with E-state index < -0.39 is 12.8 Å². The van der Waals surface area contributed by atoms with Crippen LogP contribution in [0.15, 0.2) is 24.3 Å². The van der Waals surface area contributed by atoms with Gasteiger partial charge in [-0.3, -0.25) is 9.59 Å². The van der Waals surface area contributed by atoms with Crippen LogP contribution in [0.5, 0.6) is 0 Å². The maximum absolute atomic E-state index is 12.7. The fourth-order valence-electron chi connectivity index (χ4n) is 11.4. The summed E-state index contributed by atoms with van der Waals surface area (Å²) in [5.41, 5.74) is 1.55. The van der Waals surface area contributed by atoms with E-state index in [1.165, 1.54) is 24.6 Å². The number of aryl methyl sites for hydroxylation is 1. The van der Waals surface area contributed by atoms with Crippen LogP contribution in [0.4, 0.5) is 0 Å². The molecule has 266 valence electrons. The van der Waals surface area contributed by atoms with Gasteiger partial charge in [0.25, 0.3) is 0 Å². The van der Waals surface area contributed by atoms with E-state index in [-0.39, 0.29) is 47.3 Å². The predicted molar refractivity (Wildman–Crippen MR) is 187 cm³/mol. The second-order valence-electron chi connectivity index (χ2n) is 16.6. The van der Waals surface area contributed by atoms with Gasteiger partial charge in [-0.1, -0.05) is 44.7 Å². The number of esters is 2. The minimum absolute atomic E-state index is 0.141. The van der Waals surface area contributed by atoms with E-state index in [4.69, 9.17) is 9.47 Å². The van der Waals surface area contributed by atoms with Crippen LogP contribution >= 0.6 is 11.8 Å². The molecule has 11 atom stereocenters. The Labute approximate surface area is 291 Å². The Hall–Kier alpha value is -1.90. The molecule has 0 amide bonds. The highest BCUT2D eigenvalue weighted by Gasteiger charge is 2.63. The van der Waals surface area contributed by atoms with Crippen LogP contribution in [0, 0.1) is 52.3 Å². The molecule has 0 aromatic heterocycles. The third-order valence-corrected chi connectivity index (χ3v) is 15.3. The predicted octanol–water partition coefficient (Wildman–Crippen LogP) is 7.74. The molecule has 0 radical (unpaired) electrons. The first-order valence-corrected chi connectivity index (χ1v) is 19.9. The van der Waals surface area contributed by atoms with Crippen LogP contribution in [0.3, 0.4) is 0 Å². The molecule has 48 heavy (non-hydrogen) atoms. The van der Waals surface area contributed by atoms with Crippen molar-refractivity contribution in [1.82, 2.24) is 0 Å². The molecule has 5 unspecified atom stereocenters. The van der Waals surface area contributed by atoms with E-state index in [9.17, 15) is 24.6 Å². The maximum Gasteiger partial charge on any atom is 0.341 e. The lowest BCUT2D eigenvalue weighted by molar-refractivity contribution is -0.175. The zero-order valence-corrected chi connectivity index (χ0v) is 30.2. The lowest BCUT2D eigenvalue weighted by atomic mass is 9.43. The fourth-order valence-corrected chi connectivity index (χ4v) is 12.4. The van der Waals surface area contributed by atoms with Crippen molar-refractivity contribution in [2.24, 2.45) is 52.3 Å². The standard InChI is InChI=1S/C40H58O7S/c1-25(32-15-16-33-31-14-13-29-22-30(41)18-19-39(29,2)34(31)23-35(42)40(32,33)3)12-17-36(43)46-24-47-37(44)28-10-5-8-26(21-28)7-4-9-27-11-6-20-48-38(27)45/h5,8,10,21,25,27,29-35,41-42H,4,6-7,9,11-20,22-24H2,1-3H3/t25-,27?,29-,30-,31?,32?,33?,34?,35+,39+,40-/m1/s1. The molecule has 1 saturated heterocycles. The highest BCUT2D eigenvalue weighted by atomic mass is 32.2. The summed E-state index contributed by atoms with van der Waals surface area (Å²) in [6, 6.07) is 7.36. The van der Waals surface area contributed by atoms with E-state index in [0.717, 1.165) is 81.9 Å². The van der Waals surface area contributed by atoms with Crippen molar-refractivity contribution in [3.05, 3.63) is 35.4 Å². The Morgan fingerprint density at radius 3 is 2.67 bits per heavy atom. The van der Waals surface area contributed by atoms with Crippen molar-refractivity contribution in [3.8, 4) is 0 Å². The van der Waals surface area contributed by atoms with E-state index in [0.29, 0.717) is 46.7 Å². The van der Waals surface area contributed by atoms with Crippen molar-refractivity contribution in [1.29, 1.82) is 0 Å². The molecule has 1 aliphatic heterocycles. The number of carbonyl (C=O) groups is 3. The molecule has 1 aromatic carbocycles. The number of hydrogen-bond donors (Lipinski definition) is 2. The Morgan fingerprint density at radius 2 is 1.85 bits per heavy atom. The Bertz CT molecular complexity index is 1320. The normalized spacial score (nSPS) is 38.3. The topological polar surface area (TPSA) is 110 Å². The van der Waals surface area contributed by atoms with Gasteiger partial charge in [-0.25, -0.2) is 4.79 Å². The molecule has 0 bridgehead atoms. The van der Waals surface area contributed by atoms with Crippen LogP contribution in [-0.2, 0) is 25.5 Å². The first-order valence-electron chi connectivity index (χ1n) is 18.9. The summed E-state index contributed by atoms with van der Waals surface area (Å²) in [6.45, 7) is 6.60. The molecule has 8 heteroatoms. The smallest absolute Gasteiger partial charge is 0.341 e. The highest BCUT2D eigenvalue weighted by molar-refractivity contribution is 8.13. The SMILES string of the molecule is C[C@H](CCC(=O)OCOC(=O)c1cccc(CCCC2CCCSC2=O)c1)C1CCC2C3CC[C@@H]4C[C@H](O)CC[C@]4(C)C3C[C@H](O)[C@@]21C. The van der Waals surface area contributed by atoms with Gasteiger partial charge in [0.1, 0.15) is 0 Å². The van der Waals surface area contributed by atoms with E-state index in [1.54, 1.807) is 6.07 Å². The summed E-state index contributed by atoms with van der Waals surface area (Å²) >= 11 is 1.46. The number of thioether (sulfide) groups is 1. The molecular formula is C40H58O7S. The van der Waals surface area contributed by atoms with Crippen LogP contribution in [0.2, 0.25) is 0 Å². The molecule has 4 aliphatic carbocycles. The molecule has 5 aliphatic rings. The van der Waals surface area contributed by atoms with Crippen LogP contribution in [0.1, 0.15) is 127 Å². The van der Waals surface area contributed by atoms with Gasteiger partial charge >= 0.3 is 11.9 Å². The second-order valence-corrected chi connectivity index (χ2v) is 17.7. The third kappa shape index (κ3) is 7.28. The lowest BCUT2D eigenvalue weighted by Gasteiger charge is -2.62. The molecule has 5 fully saturated rings. The van der Waals surface area contributed by atoms with Crippen LogP contribution < -0.4 is 0 Å². The first kappa shape index (κ1) is 35.9. The minimum atomic E-state index is -0.515. The van der Waals surface area contributed by atoms with Gasteiger partial charge in [-0.15, -0.1) is 0 Å². The Balaban J connectivity index is 0.942. The molecule has 4 saturated carbocycles. The average molecular weight is 683 g/mol. The van der Waals surface area contributed by atoms with Gasteiger partial charge in [-0.2, -0.15) is 0 Å². The quantitative estimate of drug-likeness (QED) is 0.180. The molecule has 2 N–H and O–H groups in total. The number of aliphatic hydroxyl groups excluding tert-OH is 2. The van der Waals surface area contributed by atoms with Crippen LogP contribution in [-0.4, -0.2) is 52.0 Å². The van der Waals surface area contributed by atoms with Crippen molar-refractivity contribution < 1.29 is 34.1 Å². The second kappa shape index (κ2) is 15.1. The molecule has 1 aromatic rings. The van der Waals surface area contributed by atoms with E-state index in [2.05, 4.69) is 20.8 Å². The van der Waals surface area contributed by atoms with Crippen molar-refractivity contribution in [3.63, 3.8) is 0 Å². The largest absolute Gasteiger partial charge is 0.428 e. The van der Waals surface area contributed by atoms with Gasteiger partial charge in [0.15, 0.2) is 5.12 Å². The number of ether oxygens (including phenoxy) is 2. The first-order chi connectivity index (χ1) is 23.0. The number of rotatable bonds is 11. The molecule has 1 heterocycles. The average Bonchev–Trinajstić information content (AvgIpc) is 3.44. The zero-order chi connectivity index (χ0) is 34.1. The summed E-state index contributed by atoms with van der Waals surface area (Å²) in [6.07, 6.45) is 13.5. The molecule has 7 nitrogen and oxygen atoms in total. The third-order valence-electron chi connectivity index (χ3n) is 14.2. The van der Waals surface area contributed by atoms with Gasteiger partial charge < -0.3 is 19.7 Å². The van der Waals surface area contributed by atoms with Gasteiger partial charge in [0.05, 0.1) is 17.8 Å². The number of carbonyl (C=O) groups excluding carboxylic acids is 3. The molecule has 6 rings (SSSR count). The van der Waals surface area contributed by atoms with Crippen molar-refractivity contribution in [2.75, 3.05) is 12.5 Å². The Kier molecular flexibility index (Phi) is 11.3. The van der Waals surface area contributed by atoms with Crippen molar-refractivity contribution >= 4 is 28.8 Å². The Morgan fingerprint density at radius 1 is 1.02 bits per heavy atom. The molecular weight excluding hydrogens is 625 g/mol. The summed E-state index contributed by atoms with van der Waals surface area (Å²) in [4.78, 5) is 37.5. The van der Waals surface area contributed by atoms with Gasteiger partial charge in [0, 0.05) is 18.1 Å². The van der Waals surface area contributed by atoms with Crippen molar-refractivity contribution in [2.45, 2.75) is 129 Å². The molecule has 0 spiro atoms. The number of fused-ring (bicyclic) bond motifs is 5. The maximum atomic E-state index is 12.7. The number of aliphatic hydroxyl groups is 2. The highest BCUT2D eigenvalue weighted by Crippen LogP contribution is 2.68. The number of benzene rings is 1. The summed E-state index contributed by atoms with van der Waals surface area (Å²) < 4.78 is 10.6. The summed E-state index contributed by atoms with van der Waals surface area (Å²) in [5, 5.41) is 22.5. The zero-order valence-electron chi connectivity index (χ0n) is 29.4. The summed E-state index contributed by atoms with van der Waals surface area (Å²) in [7, 11) is 0.